The highest BCUT2D eigenvalue weighted by Gasteiger charge is 2.25. The molecule has 0 unspecified atom stereocenters. The van der Waals surface area contributed by atoms with Gasteiger partial charge in [-0.25, -0.2) is 0 Å². The maximum Gasteiger partial charge on any atom is 0.257 e. The summed E-state index contributed by atoms with van der Waals surface area (Å²) in [5.41, 5.74) is 1.26. The van der Waals surface area contributed by atoms with Gasteiger partial charge in [-0.2, -0.15) is 0 Å². The number of halogens is 1. The SMILES string of the molecule is O=C(CN1CCN(C(=O)c2cc(Cl)ccc2O)CC1)NCc1ccccc1. The number of aromatic hydroxyl groups is 1. The van der Waals surface area contributed by atoms with E-state index >= 15 is 0 Å². The number of nitrogens with zero attached hydrogens (tertiary/aromatic N) is 2. The molecule has 0 atom stereocenters. The Labute approximate surface area is 163 Å². The summed E-state index contributed by atoms with van der Waals surface area (Å²) in [5.74, 6) is -0.360. The normalized spacial score (nSPS) is 14.8. The topological polar surface area (TPSA) is 72.9 Å². The molecule has 1 aliphatic heterocycles. The highest BCUT2D eigenvalue weighted by atomic mass is 35.5. The van der Waals surface area contributed by atoms with Crippen molar-refractivity contribution >= 4 is 23.4 Å². The molecule has 1 fully saturated rings. The van der Waals surface area contributed by atoms with Gasteiger partial charge in [0.15, 0.2) is 0 Å². The van der Waals surface area contributed by atoms with Crippen LogP contribution in [0.2, 0.25) is 5.02 Å². The standard InChI is InChI=1S/C20H22ClN3O3/c21-16-6-7-18(25)17(12-16)20(27)24-10-8-23(9-11-24)14-19(26)22-13-15-4-2-1-3-5-15/h1-7,12,25H,8-11,13-14H2,(H,22,26). The van der Waals surface area contributed by atoms with E-state index in [1.54, 1.807) is 11.0 Å². The Bertz CT molecular complexity index is 805. The Morgan fingerprint density at radius 1 is 1.04 bits per heavy atom. The number of amides is 2. The fourth-order valence-corrected chi connectivity index (χ4v) is 3.19. The molecule has 1 aliphatic rings. The lowest BCUT2D eigenvalue weighted by Crippen LogP contribution is -2.51. The Balaban J connectivity index is 1.46. The van der Waals surface area contributed by atoms with Crippen LogP contribution in [0.3, 0.4) is 0 Å². The summed E-state index contributed by atoms with van der Waals surface area (Å²) in [6, 6.07) is 14.2. The predicted octanol–water partition coefficient (Wildman–Crippen LogP) is 2.12. The molecule has 0 spiro atoms. The van der Waals surface area contributed by atoms with Crippen molar-refractivity contribution in [3.05, 3.63) is 64.7 Å². The van der Waals surface area contributed by atoms with E-state index < -0.39 is 0 Å². The van der Waals surface area contributed by atoms with Crippen LogP contribution in [0.25, 0.3) is 0 Å². The quantitative estimate of drug-likeness (QED) is 0.824. The van der Waals surface area contributed by atoms with E-state index in [0.717, 1.165) is 5.56 Å². The number of hydrogen-bond donors (Lipinski definition) is 2. The van der Waals surface area contributed by atoms with Crippen LogP contribution >= 0.6 is 11.6 Å². The molecular formula is C20H22ClN3O3. The van der Waals surface area contributed by atoms with E-state index in [0.29, 0.717) is 44.3 Å². The molecule has 3 rings (SSSR count). The Morgan fingerprint density at radius 3 is 2.44 bits per heavy atom. The lowest BCUT2D eigenvalue weighted by atomic mass is 10.1. The maximum absolute atomic E-state index is 12.6. The first-order valence-corrected chi connectivity index (χ1v) is 9.21. The molecule has 142 valence electrons. The summed E-state index contributed by atoms with van der Waals surface area (Å²) >= 11 is 5.92. The van der Waals surface area contributed by atoms with Crippen molar-refractivity contribution in [2.24, 2.45) is 0 Å². The van der Waals surface area contributed by atoms with Crippen LogP contribution in [-0.2, 0) is 11.3 Å². The van der Waals surface area contributed by atoms with Crippen molar-refractivity contribution < 1.29 is 14.7 Å². The van der Waals surface area contributed by atoms with Crippen LogP contribution in [0.15, 0.2) is 48.5 Å². The third kappa shape index (κ3) is 5.21. The van der Waals surface area contributed by atoms with Gasteiger partial charge in [-0.1, -0.05) is 41.9 Å². The lowest BCUT2D eigenvalue weighted by Gasteiger charge is -2.34. The predicted molar refractivity (Wildman–Crippen MR) is 104 cm³/mol. The molecule has 0 aliphatic carbocycles. The Morgan fingerprint density at radius 2 is 1.74 bits per heavy atom. The minimum Gasteiger partial charge on any atom is -0.507 e. The van der Waals surface area contributed by atoms with Crippen LogP contribution in [0, 0.1) is 0 Å². The smallest absolute Gasteiger partial charge is 0.257 e. The van der Waals surface area contributed by atoms with E-state index in [-0.39, 0.29) is 23.1 Å². The van der Waals surface area contributed by atoms with E-state index in [1.807, 2.05) is 35.2 Å². The molecule has 0 saturated carbocycles. The number of nitrogens with one attached hydrogen (secondary N) is 1. The summed E-state index contributed by atoms with van der Waals surface area (Å²) in [4.78, 5) is 28.4. The number of benzene rings is 2. The molecule has 0 aromatic heterocycles. The highest BCUT2D eigenvalue weighted by molar-refractivity contribution is 6.31. The summed E-state index contributed by atoms with van der Waals surface area (Å²) in [6.07, 6.45) is 0. The minimum absolute atomic E-state index is 0.0360. The van der Waals surface area contributed by atoms with Gasteiger partial charge >= 0.3 is 0 Å². The fraction of sp³-hybridized carbons (Fsp3) is 0.300. The molecule has 0 bridgehead atoms. The van der Waals surface area contributed by atoms with Gasteiger partial charge in [-0.3, -0.25) is 14.5 Å². The van der Waals surface area contributed by atoms with Crippen molar-refractivity contribution in [1.29, 1.82) is 0 Å². The number of carbonyl (C=O) groups excluding carboxylic acids is 2. The zero-order chi connectivity index (χ0) is 19.2. The molecular weight excluding hydrogens is 366 g/mol. The van der Waals surface area contributed by atoms with Gasteiger partial charge in [0.1, 0.15) is 5.75 Å². The summed E-state index contributed by atoms with van der Waals surface area (Å²) in [5, 5.41) is 13.2. The number of phenolic OH excluding ortho intramolecular Hbond substituents is 1. The van der Waals surface area contributed by atoms with Gasteiger partial charge in [0.2, 0.25) is 5.91 Å². The monoisotopic (exact) mass is 387 g/mol. The first-order chi connectivity index (χ1) is 13.0. The van der Waals surface area contributed by atoms with Crippen LogP contribution in [0.5, 0.6) is 5.75 Å². The summed E-state index contributed by atoms with van der Waals surface area (Å²) in [7, 11) is 0. The average Bonchev–Trinajstić information content (AvgIpc) is 2.69. The second kappa shape index (κ2) is 8.88. The van der Waals surface area contributed by atoms with Gasteiger partial charge in [0, 0.05) is 37.7 Å². The average molecular weight is 388 g/mol. The first kappa shape index (κ1) is 19.2. The molecule has 27 heavy (non-hydrogen) atoms. The molecule has 2 aromatic carbocycles. The molecule has 1 saturated heterocycles. The van der Waals surface area contributed by atoms with E-state index in [1.165, 1.54) is 12.1 Å². The number of piperazine rings is 1. The van der Waals surface area contributed by atoms with Gasteiger partial charge < -0.3 is 15.3 Å². The second-order valence-corrected chi connectivity index (χ2v) is 6.93. The van der Waals surface area contributed by atoms with Gasteiger partial charge in [-0.15, -0.1) is 0 Å². The molecule has 1 heterocycles. The number of phenols is 1. The van der Waals surface area contributed by atoms with E-state index in [4.69, 9.17) is 11.6 Å². The molecule has 2 N–H and O–H groups in total. The van der Waals surface area contributed by atoms with Crippen LogP contribution < -0.4 is 5.32 Å². The minimum atomic E-state index is -0.247. The van der Waals surface area contributed by atoms with Crippen LogP contribution in [0.4, 0.5) is 0 Å². The summed E-state index contributed by atoms with van der Waals surface area (Å²) < 4.78 is 0. The first-order valence-electron chi connectivity index (χ1n) is 8.83. The fourth-order valence-electron chi connectivity index (χ4n) is 3.01. The zero-order valence-electron chi connectivity index (χ0n) is 14.9. The zero-order valence-corrected chi connectivity index (χ0v) is 15.7. The third-order valence-electron chi connectivity index (χ3n) is 4.55. The van der Waals surface area contributed by atoms with Gasteiger partial charge in [0.05, 0.1) is 12.1 Å². The summed E-state index contributed by atoms with van der Waals surface area (Å²) in [6.45, 7) is 3.01. The Hall–Kier alpha value is -2.57. The largest absolute Gasteiger partial charge is 0.507 e. The second-order valence-electron chi connectivity index (χ2n) is 6.49. The molecule has 6 nitrogen and oxygen atoms in total. The van der Waals surface area contributed by atoms with Crippen molar-refractivity contribution in [2.45, 2.75) is 6.54 Å². The van der Waals surface area contributed by atoms with Crippen LogP contribution in [-0.4, -0.2) is 59.4 Å². The third-order valence-corrected chi connectivity index (χ3v) is 4.78. The number of carbonyl (C=O) groups is 2. The van der Waals surface area contributed by atoms with Gasteiger partial charge in [-0.05, 0) is 23.8 Å². The molecule has 2 amide bonds. The Kier molecular flexibility index (Phi) is 6.32. The number of rotatable bonds is 5. The van der Waals surface area contributed by atoms with Crippen molar-refractivity contribution in [3.63, 3.8) is 0 Å². The highest BCUT2D eigenvalue weighted by Crippen LogP contribution is 2.23. The van der Waals surface area contributed by atoms with E-state index in [2.05, 4.69) is 5.32 Å². The molecule has 7 heteroatoms. The number of hydrogen-bond acceptors (Lipinski definition) is 4. The molecule has 2 aromatic rings. The molecule has 0 radical (unpaired) electrons. The lowest BCUT2D eigenvalue weighted by molar-refractivity contribution is -0.122. The van der Waals surface area contributed by atoms with Crippen molar-refractivity contribution in [2.75, 3.05) is 32.7 Å². The van der Waals surface area contributed by atoms with Crippen molar-refractivity contribution in [3.8, 4) is 5.75 Å². The van der Waals surface area contributed by atoms with Crippen molar-refractivity contribution in [1.82, 2.24) is 15.1 Å². The van der Waals surface area contributed by atoms with Gasteiger partial charge in [0.25, 0.3) is 5.91 Å². The van der Waals surface area contributed by atoms with E-state index in [9.17, 15) is 14.7 Å². The maximum atomic E-state index is 12.6. The van der Waals surface area contributed by atoms with Crippen LogP contribution in [0.1, 0.15) is 15.9 Å².